The lowest BCUT2D eigenvalue weighted by Crippen LogP contribution is -2.14. The minimum atomic E-state index is -0.779. The van der Waals surface area contributed by atoms with Gasteiger partial charge in [0, 0.05) is 0 Å². The zero-order chi connectivity index (χ0) is 20.8. The van der Waals surface area contributed by atoms with E-state index in [0.717, 1.165) is 0 Å². The predicted molar refractivity (Wildman–Crippen MR) is 110 cm³/mol. The molecule has 0 saturated heterocycles. The van der Waals surface area contributed by atoms with Gasteiger partial charge in [-0.15, -0.1) is 0 Å². The molecule has 0 atom stereocenters. The van der Waals surface area contributed by atoms with Crippen LogP contribution in [0.25, 0.3) is 6.08 Å². The third kappa shape index (κ3) is 4.88. The second kappa shape index (κ2) is 9.34. The fourth-order valence-electron chi connectivity index (χ4n) is 2.26. The van der Waals surface area contributed by atoms with E-state index >= 15 is 0 Å². The first-order chi connectivity index (χ1) is 13.3. The van der Waals surface area contributed by atoms with Crippen LogP contribution in [0.2, 0.25) is 0 Å². The predicted octanol–water partition coefficient (Wildman–Crippen LogP) is 4.68. The molecule has 0 bridgehead atoms. The molecule has 8 nitrogen and oxygen atoms in total. The van der Waals surface area contributed by atoms with Crippen LogP contribution in [0.1, 0.15) is 5.56 Å². The van der Waals surface area contributed by atoms with Crippen LogP contribution >= 0.6 is 31.9 Å². The highest BCUT2D eigenvalue weighted by Gasteiger charge is 2.19. The lowest BCUT2D eigenvalue weighted by atomic mass is 10.1. The summed E-state index contributed by atoms with van der Waals surface area (Å²) >= 11 is 6.69. The maximum Gasteiger partial charge on any atom is 0.296 e. The molecule has 2 rings (SSSR count). The number of rotatable bonds is 6. The molecule has 2 aromatic rings. The normalized spacial score (nSPS) is 10.8. The van der Waals surface area contributed by atoms with Gasteiger partial charge in [0.25, 0.3) is 11.6 Å². The molecule has 0 spiro atoms. The van der Waals surface area contributed by atoms with Gasteiger partial charge in [-0.3, -0.25) is 14.9 Å². The number of ether oxygens (including phenoxy) is 2. The van der Waals surface area contributed by atoms with Gasteiger partial charge in [-0.2, -0.15) is 5.26 Å². The first-order valence-electron chi connectivity index (χ1n) is 7.59. The van der Waals surface area contributed by atoms with Crippen molar-refractivity contribution in [1.29, 1.82) is 5.26 Å². The number of carbonyl (C=O) groups excluding carboxylic acids is 1. The van der Waals surface area contributed by atoms with E-state index in [2.05, 4.69) is 37.2 Å². The van der Waals surface area contributed by atoms with Gasteiger partial charge in [0.1, 0.15) is 28.8 Å². The summed E-state index contributed by atoms with van der Waals surface area (Å²) in [5.74, 6) is 0.0569. The maximum atomic E-state index is 12.5. The minimum Gasteiger partial charge on any atom is -0.496 e. The van der Waals surface area contributed by atoms with Gasteiger partial charge in [0.15, 0.2) is 0 Å². The molecular weight excluding hydrogens is 498 g/mol. The molecule has 28 heavy (non-hydrogen) atoms. The van der Waals surface area contributed by atoms with Gasteiger partial charge >= 0.3 is 0 Å². The molecule has 1 amide bonds. The largest absolute Gasteiger partial charge is 0.496 e. The van der Waals surface area contributed by atoms with Gasteiger partial charge in [0.05, 0.1) is 34.2 Å². The average molecular weight is 511 g/mol. The second-order valence-electron chi connectivity index (χ2n) is 5.28. The van der Waals surface area contributed by atoms with Crippen molar-refractivity contribution in [3.05, 3.63) is 60.5 Å². The van der Waals surface area contributed by atoms with Crippen molar-refractivity contribution in [3.8, 4) is 17.6 Å². The molecule has 0 saturated carbocycles. The number of carbonyl (C=O) groups is 1. The molecule has 10 heteroatoms. The number of halogens is 2. The first kappa shape index (κ1) is 21.4. The van der Waals surface area contributed by atoms with Crippen molar-refractivity contribution in [3.63, 3.8) is 0 Å². The Morgan fingerprint density at radius 1 is 1.21 bits per heavy atom. The number of hydrogen-bond acceptors (Lipinski definition) is 6. The Bertz CT molecular complexity index is 992. The smallest absolute Gasteiger partial charge is 0.296 e. The lowest BCUT2D eigenvalue weighted by molar-refractivity contribution is -0.384. The number of nitrogens with zero attached hydrogens (tertiary/aromatic N) is 2. The standard InChI is InChI=1S/C18H13Br2N3O5/c1-27-12-3-4-15(16(8-12)23(25)26)22-18(24)11(9-21)5-10-6-13(19)17(28-2)14(20)7-10/h3-8H,1-2H3,(H,22,24)/b11-5+. The molecular formula is C18H13Br2N3O5. The second-order valence-corrected chi connectivity index (χ2v) is 6.99. The van der Waals surface area contributed by atoms with Gasteiger partial charge in [-0.25, -0.2) is 0 Å². The molecule has 1 N–H and O–H groups in total. The summed E-state index contributed by atoms with van der Waals surface area (Å²) < 4.78 is 11.4. The van der Waals surface area contributed by atoms with E-state index in [1.165, 1.54) is 38.5 Å². The molecule has 0 aliphatic rings. The number of benzene rings is 2. The van der Waals surface area contributed by atoms with Crippen molar-refractivity contribution in [2.24, 2.45) is 0 Å². The topological polar surface area (TPSA) is 114 Å². The Morgan fingerprint density at radius 2 is 1.86 bits per heavy atom. The lowest BCUT2D eigenvalue weighted by Gasteiger charge is -2.08. The number of nitrogens with one attached hydrogen (secondary N) is 1. The molecule has 0 heterocycles. The number of nitriles is 1. The van der Waals surface area contributed by atoms with Crippen molar-refractivity contribution < 1.29 is 19.2 Å². The van der Waals surface area contributed by atoms with Gasteiger partial charge in [0.2, 0.25) is 0 Å². The Kier molecular flexibility index (Phi) is 7.14. The van der Waals surface area contributed by atoms with E-state index in [4.69, 9.17) is 9.47 Å². The summed E-state index contributed by atoms with van der Waals surface area (Å²) in [4.78, 5) is 23.1. The van der Waals surface area contributed by atoms with Crippen LogP contribution in [0, 0.1) is 21.4 Å². The Balaban J connectivity index is 2.36. The Hall–Kier alpha value is -2.90. The van der Waals surface area contributed by atoms with Gasteiger partial charge in [-0.1, -0.05) is 0 Å². The SMILES string of the molecule is COc1ccc(NC(=O)/C(C#N)=C/c2cc(Br)c(OC)c(Br)c2)c([N+](=O)[O-])c1. The quantitative estimate of drug-likeness (QED) is 0.261. The fourth-order valence-corrected chi connectivity index (χ4v) is 3.80. The summed E-state index contributed by atoms with van der Waals surface area (Å²) in [5.41, 5.74) is -0.0708. The van der Waals surface area contributed by atoms with Gasteiger partial charge in [-0.05, 0) is 67.8 Å². The summed E-state index contributed by atoms with van der Waals surface area (Å²) in [6.45, 7) is 0. The number of methoxy groups -OCH3 is 2. The van der Waals surface area contributed by atoms with E-state index < -0.39 is 10.8 Å². The molecule has 0 aromatic heterocycles. The minimum absolute atomic E-state index is 0.0472. The van der Waals surface area contributed by atoms with Crippen molar-refractivity contribution in [2.75, 3.05) is 19.5 Å². The van der Waals surface area contributed by atoms with Crippen LogP contribution in [0.4, 0.5) is 11.4 Å². The fraction of sp³-hybridized carbons (Fsp3) is 0.111. The number of anilines is 1. The monoisotopic (exact) mass is 509 g/mol. The number of hydrogen-bond donors (Lipinski definition) is 1. The van der Waals surface area contributed by atoms with E-state index in [1.807, 2.05) is 0 Å². The molecule has 144 valence electrons. The highest BCUT2D eigenvalue weighted by Crippen LogP contribution is 2.35. The summed E-state index contributed by atoms with van der Waals surface area (Å²) in [7, 11) is 2.88. The summed E-state index contributed by atoms with van der Waals surface area (Å²) in [6.07, 6.45) is 1.36. The number of nitro benzene ring substituents is 1. The van der Waals surface area contributed by atoms with E-state index in [1.54, 1.807) is 18.2 Å². The molecule has 0 aliphatic heterocycles. The molecule has 0 radical (unpaired) electrons. The number of nitro groups is 1. The Morgan fingerprint density at radius 3 is 2.36 bits per heavy atom. The highest BCUT2D eigenvalue weighted by atomic mass is 79.9. The van der Waals surface area contributed by atoms with Gasteiger partial charge < -0.3 is 14.8 Å². The zero-order valence-corrected chi connectivity index (χ0v) is 17.8. The van der Waals surface area contributed by atoms with E-state index in [9.17, 15) is 20.2 Å². The van der Waals surface area contributed by atoms with Crippen LogP contribution in [-0.4, -0.2) is 25.1 Å². The van der Waals surface area contributed by atoms with Crippen LogP contribution < -0.4 is 14.8 Å². The molecule has 0 aliphatic carbocycles. The molecule has 2 aromatic carbocycles. The van der Waals surface area contributed by atoms with Crippen molar-refractivity contribution in [2.45, 2.75) is 0 Å². The van der Waals surface area contributed by atoms with Crippen LogP contribution in [-0.2, 0) is 4.79 Å². The maximum absolute atomic E-state index is 12.5. The van der Waals surface area contributed by atoms with Crippen LogP contribution in [0.3, 0.4) is 0 Å². The Labute approximate surface area is 177 Å². The van der Waals surface area contributed by atoms with Crippen molar-refractivity contribution in [1.82, 2.24) is 0 Å². The third-order valence-electron chi connectivity index (χ3n) is 3.55. The summed E-state index contributed by atoms with van der Waals surface area (Å²) in [5, 5.41) is 23.0. The average Bonchev–Trinajstić information content (AvgIpc) is 2.65. The highest BCUT2D eigenvalue weighted by molar-refractivity contribution is 9.11. The third-order valence-corrected chi connectivity index (χ3v) is 4.73. The van der Waals surface area contributed by atoms with Crippen molar-refractivity contribution >= 4 is 55.2 Å². The first-order valence-corrected chi connectivity index (χ1v) is 9.18. The van der Waals surface area contributed by atoms with Crippen LogP contribution in [0.5, 0.6) is 11.5 Å². The zero-order valence-electron chi connectivity index (χ0n) is 14.7. The molecule has 0 unspecified atom stereocenters. The molecule has 0 fully saturated rings. The summed E-state index contributed by atoms with van der Waals surface area (Å²) in [6, 6.07) is 9.13. The van der Waals surface area contributed by atoms with Crippen LogP contribution in [0.15, 0.2) is 44.9 Å². The number of amides is 1. The van der Waals surface area contributed by atoms with E-state index in [-0.39, 0.29) is 22.7 Å². The van der Waals surface area contributed by atoms with E-state index in [0.29, 0.717) is 20.3 Å².